The number of hydrogen-bond acceptors (Lipinski definition) is 7. The van der Waals surface area contributed by atoms with Crippen LogP contribution in [0.4, 0.5) is 5.69 Å². The number of aromatic hydroxyl groups is 1. The Morgan fingerprint density at radius 2 is 2.10 bits per heavy atom. The lowest BCUT2D eigenvalue weighted by atomic mass is 9.98. The van der Waals surface area contributed by atoms with E-state index in [2.05, 4.69) is 35.9 Å². The largest absolute Gasteiger partial charge is 0.508 e. The molecule has 0 fully saturated rings. The number of amides is 1. The molecule has 2 heterocycles. The molecule has 0 bridgehead atoms. The quantitative estimate of drug-likeness (QED) is 0.500. The third-order valence-electron chi connectivity index (χ3n) is 4.39. The predicted octanol–water partition coefficient (Wildman–Crippen LogP) is 2.60. The van der Waals surface area contributed by atoms with Gasteiger partial charge >= 0.3 is 0 Å². The first-order valence-corrected chi connectivity index (χ1v) is 10.9. The van der Waals surface area contributed by atoms with Gasteiger partial charge in [-0.3, -0.25) is 4.79 Å². The van der Waals surface area contributed by atoms with E-state index >= 15 is 0 Å². The maximum atomic E-state index is 12.7. The lowest BCUT2D eigenvalue weighted by Gasteiger charge is -2.19. The molecule has 0 saturated carbocycles. The number of carbonyl (C=O) groups is 1. The molecule has 4 rings (SSSR count). The Hall–Kier alpha value is -3.18. The normalized spacial score (nSPS) is 15.4. The molecule has 3 aromatic rings. The number of fused-ring (bicyclic) bond motifs is 1. The molecule has 2 aromatic carbocycles. The zero-order chi connectivity index (χ0) is 21.3. The van der Waals surface area contributed by atoms with Crippen LogP contribution in [0.3, 0.4) is 0 Å². The molecule has 0 saturated heterocycles. The van der Waals surface area contributed by atoms with Gasteiger partial charge in [0.2, 0.25) is 11.7 Å². The number of benzene rings is 2. The smallest absolute Gasteiger partial charge is 0.287 e. The summed E-state index contributed by atoms with van der Waals surface area (Å²) in [5, 5.41) is 15.2. The minimum absolute atomic E-state index is 0.0224. The third kappa shape index (κ3) is 4.07. The highest BCUT2D eigenvalue weighted by Crippen LogP contribution is 2.30. The molecule has 1 atom stereocenters. The van der Waals surface area contributed by atoms with Gasteiger partial charge in [0, 0.05) is 11.0 Å². The van der Waals surface area contributed by atoms with Gasteiger partial charge in [-0.2, -0.15) is 8.42 Å². The zero-order valence-corrected chi connectivity index (χ0v) is 17.6. The summed E-state index contributed by atoms with van der Waals surface area (Å²) in [4.78, 5) is 16.8. The highest BCUT2D eigenvalue weighted by atomic mass is 79.9. The van der Waals surface area contributed by atoms with Crippen molar-refractivity contribution in [3.8, 4) is 5.75 Å². The van der Waals surface area contributed by atoms with E-state index in [9.17, 15) is 18.3 Å². The Labute approximate surface area is 180 Å². The number of sulfonamides is 1. The summed E-state index contributed by atoms with van der Waals surface area (Å²) >= 11 is 3.22. The highest BCUT2D eigenvalue weighted by molar-refractivity contribution is 9.10. The average Bonchev–Trinajstić information content (AvgIpc) is 3.22. The minimum atomic E-state index is -4.03. The number of hydrogen-bond donors (Lipinski definition) is 3. The number of anilines is 1. The van der Waals surface area contributed by atoms with Gasteiger partial charge in [-0.05, 0) is 35.9 Å². The summed E-state index contributed by atoms with van der Waals surface area (Å²) in [5.74, 6) is -1.15. The number of carbonyl (C=O) groups excluding carboxylic acids is 1. The predicted molar refractivity (Wildman–Crippen MR) is 112 cm³/mol. The van der Waals surface area contributed by atoms with Crippen molar-refractivity contribution in [2.75, 3.05) is 11.9 Å². The second kappa shape index (κ2) is 7.92. The Morgan fingerprint density at radius 3 is 2.83 bits per heavy atom. The number of rotatable bonds is 5. The molecule has 9 nitrogen and oxygen atoms in total. The second-order valence-electron chi connectivity index (χ2n) is 6.41. The van der Waals surface area contributed by atoms with Crippen LogP contribution in [-0.4, -0.2) is 36.8 Å². The van der Waals surface area contributed by atoms with Crippen molar-refractivity contribution in [1.82, 2.24) is 10.3 Å². The lowest BCUT2D eigenvalue weighted by molar-refractivity contribution is -0.114. The minimum Gasteiger partial charge on any atom is -0.508 e. The average molecular weight is 491 g/mol. The monoisotopic (exact) mass is 490 g/mol. The summed E-state index contributed by atoms with van der Waals surface area (Å²) in [5.41, 5.74) is 0.926. The molecule has 11 heteroatoms. The fourth-order valence-electron chi connectivity index (χ4n) is 3.01. The van der Waals surface area contributed by atoms with Crippen molar-refractivity contribution < 1.29 is 22.7 Å². The van der Waals surface area contributed by atoms with Gasteiger partial charge in [-0.15, -0.1) is 4.40 Å². The summed E-state index contributed by atoms with van der Waals surface area (Å²) in [6.45, 7) is 0.0384. The number of phenolic OH excluding ortho intramolecular Hbond substituents is 1. The molecule has 30 heavy (non-hydrogen) atoms. The highest BCUT2D eigenvalue weighted by Gasteiger charge is 2.29. The second-order valence-corrected chi connectivity index (χ2v) is 8.90. The van der Waals surface area contributed by atoms with Crippen molar-refractivity contribution in [1.29, 1.82) is 0 Å². The van der Waals surface area contributed by atoms with Crippen molar-refractivity contribution in [3.63, 3.8) is 0 Å². The fraction of sp³-hybridized carbons (Fsp3) is 0.105. The maximum Gasteiger partial charge on any atom is 0.287 e. The molecule has 1 aromatic heterocycles. The maximum absolute atomic E-state index is 12.7. The summed E-state index contributed by atoms with van der Waals surface area (Å²) in [6, 6.07) is 11.1. The van der Waals surface area contributed by atoms with Gasteiger partial charge < -0.3 is 20.2 Å². The van der Waals surface area contributed by atoms with Crippen LogP contribution >= 0.6 is 15.9 Å². The van der Waals surface area contributed by atoms with Gasteiger partial charge in [0.15, 0.2) is 0 Å². The molecule has 1 aliphatic rings. The number of aromatic nitrogens is 1. The van der Waals surface area contributed by atoms with E-state index in [1.807, 2.05) is 0 Å². The fourth-order valence-corrected chi connectivity index (χ4v) is 4.66. The number of amidine groups is 1. The Morgan fingerprint density at radius 1 is 1.27 bits per heavy atom. The van der Waals surface area contributed by atoms with Gasteiger partial charge in [0.1, 0.15) is 16.9 Å². The number of phenols is 1. The number of oxazole rings is 1. The van der Waals surface area contributed by atoms with Crippen LogP contribution in [0.1, 0.15) is 17.4 Å². The molecule has 154 valence electrons. The van der Waals surface area contributed by atoms with Gasteiger partial charge in [-0.25, -0.2) is 4.98 Å². The summed E-state index contributed by atoms with van der Waals surface area (Å²) in [7, 11) is -4.03. The topological polar surface area (TPSA) is 134 Å². The van der Waals surface area contributed by atoms with E-state index in [4.69, 9.17) is 4.42 Å². The van der Waals surface area contributed by atoms with Crippen LogP contribution in [0.25, 0.3) is 0 Å². The van der Waals surface area contributed by atoms with Crippen LogP contribution in [-0.2, 0) is 14.8 Å². The molecule has 3 N–H and O–H groups in total. The Bertz CT molecular complexity index is 1240. The standard InChI is InChI=1S/C19H15BrN4O5S/c20-12-4-5-15-16(9-12)30(27,28)24-17(23-15)18(26)22-10-14(19-21-6-7-29-19)11-2-1-3-13(25)8-11/h1-9,14,25H,10H2,(H,22,26)(H,23,24). The first-order valence-electron chi connectivity index (χ1n) is 8.71. The van der Waals surface area contributed by atoms with Gasteiger partial charge in [-0.1, -0.05) is 28.1 Å². The molecule has 1 unspecified atom stereocenters. The molecule has 1 amide bonds. The number of halogens is 1. The van der Waals surface area contributed by atoms with E-state index in [1.165, 1.54) is 30.7 Å². The molecule has 1 aliphatic heterocycles. The Kier molecular flexibility index (Phi) is 5.31. The van der Waals surface area contributed by atoms with E-state index in [0.717, 1.165) is 0 Å². The SMILES string of the molecule is O=C(NCC(c1cccc(O)c1)c1ncco1)C1=NS(=O)(=O)c2cc(Br)ccc2N1. The van der Waals surface area contributed by atoms with Crippen molar-refractivity contribution >= 4 is 43.4 Å². The van der Waals surface area contributed by atoms with Crippen LogP contribution < -0.4 is 10.6 Å². The van der Waals surface area contributed by atoms with Gasteiger partial charge in [0.25, 0.3) is 15.9 Å². The molecular formula is C19H15BrN4O5S. The molecule has 0 aliphatic carbocycles. The van der Waals surface area contributed by atoms with Gasteiger partial charge in [0.05, 0.1) is 17.8 Å². The van der Waals surface area contributed by atoms with Crippen LogP contribution in [0.15, 0.2) is 73.1 Å². The zero-order valence-electron chi connectivity index (χ0n) is 15.2. The summed E-state index contributed by atoms with van der Waals surface area (Å²) in [6.07, 6.45) is 2.88. The Balaban J connectivity index is 1.56. The van der Waals surface area contributed by atoms with E-state index in [-0.39, 0.29) is 28.7 Å². The number of nitrogens with zero attached hydrogens (tertiary/aromatic N) is 2. The molecular weight excluding hydrogens is 476 g/mol. The summed E-state index contributed by atoms with van der Waals surface area (Å²) < 4.78 is 34.4. The first-order chi connectivity index (χ1) is 14.3. The van der Waals surface area contributed by atoms with Crippen LogP contribution in [0.5, 0.6) is 5.75 Å². The molecule has 0 radical (unpaired) electrons. The lowest BCUT2D eigenvalue weighted by Crippen LogP contribution is -2.40. The first kappa shape index (κ1) is 20.1. The third-order valence-corrected chi connectivity index (χ3v) is 6.20. The van der Waals surface area contributed by atoms with E-state index < -0.39 is 21.8 Å². The molecule has 0 spiro atoms. The van der Waals surface area contributed by atoms with Crippen LogP contribution in [0.2, 0.25) is 0 Å². The van der Waals surface area contributed by atoms with E-state index in [1.54, 1.807) is 24.3 Å². The number of nitrogens with one attached hydrogen (secondary N) is 2. The van der Waals surface area contributed by atoms with Crippen molar-refractivity contribution in [3.05, 3.63) is 70.9 Å². The van der Waals surface area contributed by atoms with Crippen molar-refractivity contribution in [2.24, 2.45) is 4.40 Å². The van der Waals surface area contributed by atoms with Crippen LogP contribution in [0, 0.1) is 0 Å². The van der Waals surface area contributed by atoms with E-state index in [0.29, 0.717) is 15.9 Å². The van der Waals surface area contributed by atoms with Crippen molar-refractivity contribution in [2.45, 2.75) is 10.8 Å².